The molecule has 0 spiro atoms. The second-order valence-electron chi connectivity index (χ2n) is 1.65. The van der Waals surface area contributed by atoms with Gasteiger partial charge in [0.05, 0.1) is 11.6 Å². The molecule has 0 N–H and O–H groups in total. The van der Waals surface area contributed by atoms with Crippen molar-refractivity contribution in [1.82, 2.24) is 0 Å². The molecule has 0 radical (unpaired) electrons. The van der Waals surface area contributed by atoms with E-state index in [1.54, 1.807) is 0 Å². The Morgan fingerprint density at radius 3 is 3.14 bits per heavy atom. The third kappa shape index (κ3) is 1.20. The van der Waals surface area contributed by atoms with Crippen molar-refractivity contribution in [2.75, 3.05) is 5.75 Å². The first kappa shape index (κ1) is 5.16. The third-order valence-electron chi connectivity index (χ3n) is 1.11. The fraction of sp³-hybridized carbons (Fsp3) is 0.800. The maximum atomic E-state index is 4.19. The molecule has 1 rings (SSSR count). The molecule has 1 atom stereocenters. The molecule has 2 heteroatoms. The summed E-state index contributed by atoms with van der Waals surface area (Å²) in [5.74, 6) is 1.20. The van der Waals surface area contributed by atoms with Gasteiger partial charge in [-0.15, -0.1) is 11.8 Å². The van der Waals surface area contributed by atoms with Crippen molar-refractivity contribution < 1.29 is 0 Å². The number of hydrogen-bond acceptors (Lipinski definition) is 2. The molecule has 0 saturated heterocycles. The van der Waals surface area contributed by atoms with Crippen molar-refractivity contribution in [3.8, 4) is 0 Å². The van der Waals surface area contributed by atoms with Crippen molar-refractivity contribution in [2.24, 2.45) is 4.99 Å². The average Bonchev–Trinajstić information content (AvgIpc) is 2.14. The molecular weight excluding hydrogens is 106 g/mol. The first-order chi connectivity index (χ1) is 3.43. The first-order valence-electron chi connectivity index (χ1n) is 2.56. The van der Waals surface area contributed by atoms with Gasteiger partial charge in [-0.1, -0.05) is 6.92 Å². The second kappa shape index (κ2) is 2.36. The molecule has 0 aromatic rings. The Labute approximate surface area is 48.2 Å². The number of thioether (sulfide) groups is 1. The summed E-state index contributed by atoms with van der Waals surface area (Å²) in [6.07, 6.45) is 1.20. The lowest BCUT2D eigenvalue weighted by molar-refractivity contribution is 0.740. The average molecular weight is 115 g/mol. The van der Waals surface area contributed by atoms with Gasteiger partial charge in [0.15, 0.2) is 0 Å². The Morgan fingerprint density at radius 1 is 2.00 bits per heavy atom. The Bertz CT molecular complexity index is 80.1. The number of rotatable bonds is 1. The van der Waals surface area contributed by atoms with Gasteiger partial charge in [0.2, 0.25) is 0 Å². The predicted molar refractivity (Wildman–Crippen MR) is 35.0 cm³/mol. The minimum absolute atomic E-state index is 0.630. The molecule has 0 bridgehead atoms. The molecule has 1 heterocycles. The Balaban J connectivity index is 2.28. The molecule has 40 valence electrons. The van der Waals surface area contributed by atoms with Crippen molar-refractivity contribution in [1.29, 1.82) is 0 Å². The van der Waals surface area contributed by atoms with E-state index in [0.717, 1.165) is 0 Å². The lowest BCUT2D eigenvalue weighted by atomic mass is 10.3. The van der Waals surface area contributed by atoms with E-state index in [9.17, 15) is 0 Å². The molecule has 0 aromatic carbocycles. The first-order valence-corrected chi connectivity index (χ1v) is 3.61. The highest BCUT2D eigenvalue weighted by Gasteiger charge is 2.05. The van der Waals surface area contributed by atoms with E-state index in [2.05, 4.69) is 11.9 Å². The van der Waals surface area contributed by atoms with Crippen LogP contribution in [0.3, 0.4) is 0 Å². The van der Waals surface area contributed by atoms with E-state index in [1.807, 2.05) is 17.3 Å². The number of aliphatic imine (C=N–C) groups is 1. The zero-order valence-corrected chi connectivity index (χ0v) is 5.24. The van der Waals surface area contributed by atoms with E-state index in [0.29, 0.717) is 6.04 Å². The van der Waals surface area contributed by atoms with E-state index < -0.39 is 0 Å². The summed E-state index contributed by atoms with van der Waals surface area (Å²) < 4.78 is 0. The van der Waals surface area contributed by atoms with Gasteiger partial charge in [-0.3, -0.25) is 4.99 Å². The molecule has 0 fully saturated rings. The van der Waals surface area contributed by atoms with E-state index in [1.165, 1.54) is 12.2 Å². The van der Waals surface area contributed by atoms with Crippen LogP contribution in [0.15, 0.2) is 4.99 Å². The number of nitrogens with zero attached hydrogens (tertiary/aromatic N) is 1. The van der Waals surface area contributed by atoms with Crippen LogP contribution in [0.1, 0.15) is 13.3 Å². The molecule has 0 saturated carbocycles. The largest absolute Gasteiger partial charge is 0.282 e. The van der Waals surface area contributed by atoms with E-state index >= 15 is 0 Å². The van der Waals surface area contributed by atoms with Gasteiger partial charge in [-0.25, -0.2) is 0 Å². The zero-order valence-electron chi connectivity index (χ0n) is 4.42. The standard InChI is InChI=1S/C5H9NS/c1-2-5-3-7-4-6-5/h4-5H,2-3H2,1H3. The molecule has 0 amide bonds. The SMILES string of the molecule is CCC1CSC=N1. The highest BCUT2D eigenvalue weighted by Crippen LogP contribution is 2.12. The maximum Gasteiger partial charge on any atom is 0.0597 e. The summed E-state index contributed by atoms with van der Waals surface area (Å²) in [7, 11) is 0. The van der Waals surface area contributed by atoms with Crippen LogP contribution in [0.25, 0.3) is 0 Å². The molecule has 1 aliphatic rings. The molecule has 1 unspecified atom stereocenters. The monoisotopic (exact) mass is 115 g/mol. The van der Waals surface area contributed by atoms with Crippen LogP contribution < -0.4 is 0 Å². The topological polar surface area (TPSA) is 12.4 Å². The van der Waals surface area contributed by atoms with Crippen LogP contribution in [-0.4, -0.2) is 17.3 Å². The second-order valence-corrected chi connectivity index (χ2v) is 2.53. The van der Waals surface area contributed by atoms with Gasteiger partial charge in [0.25, 0.3) is 0 Å². The van der Waals surface area contributed by atoms with Gasteiger partial charge in [-0.2, -0.15) is 0 Å². The number of hydrogen-bond donors (Lipinski definition) is 0. The molecule has 1 nitrogen and oxygen atoms in total. The van der Waals surface area contributed by atoms with Crippen molar-refractivity contribution in [3.63, 3.8) is 0 Å². The van der Waals surface area contributed by atoms with Crippen LogP contribution >= 0.6 is 11.8 Å². The highest BCUT2D eigenvalue weighted by molar-refractivity contribution is 8.12. The Morgan fingerprint density at radius 2 is 2.86 bits per heavy atom. The van der Waals surface area contributed by atoms with Crippen LogP contribution in [0, 0.1) is 0 Å². The smallest absolute Gasteiger partial charge is 0.0597 e. The summed E-state index contributed by atoms with van der Waals surface area (Å²) in [5.41, 5.74) is 1.95. The van der Waals surface area contributed by atoms with Gasteiger partial charge >= 0.3 is 0 Å². The highest BCUT2D eigenvalue weighted by atomic mass is 32.2. The maximum absolute atomic E-state index is 4.19. The summed E-state index contributed by atoms with van der Waals surface area (Å²) in [6, 6.07) is 0.630. The fourth-order valence-corrected chi connectivity index (χ4v) is 1.44. The lowest BCUT2D eigenvalue weighted by Crippen LogP contribution is -1.98. The van der Waals surface area contributed by atoms with Gasteiger partial charge < -0.3 is 0 Å². The Hall–Kier alpha value is 0.0200. The summed E-state index contributed by atoms with van der Waals surface area (Å²) >= 11 is 1.82. The lowest BCUT2D eigenvalue weighted by Gasteiger charge is -1.95. The van der Waals surface area contributed by atoms with Crippen LogP contribution in [-0.2, 0) is 0 Å². The molecule has 7 heavy (non-hydrogen) atoms. The van der Waals surface area contributed by atoms with Crippen LogP contribution in [0.2, 0.25) is 0 Å². The molecule has 0 aliphatic carbocycles. The minimum atomic E-state index is 0.630. The zero-order chi connectivity index (χ0) is 5.11. The van der Waals surface area contributed by atoms with Crippen molar-refractivity contribution >= 4 is 17.3 Å². The normalized spacial score (nSPS) is 29.0. The summed E-state index contributed by atoms with van der Waals surface area (Å²) in [6.45, 7) is 2.17. The summed E-state index contributed by atoms with van der Waals surface area (Å²) in [4.78, 5) is 4.19. The van der Waals surface area contributed by atoms with Gasteiger partial charge in [-0.05, 0) is 6.42 Å². The Kier molecular flexibility index (Phi) is 1.74. The van der Waals surface area contributed by atoms with Gasteiger partial charge in [0.1, 0.15) is 0 Å². The van der Waals surface area contributed by atoms with Crippen LogP contribution in [0.5, 0.6) is 0 Å². The molecule has 1 aliphatic heterocycles. The third-order valence-corrected chi connectivity index (χ3v) is 1.95. The van der Waals surface area contributed by atoms with E-state index in [4.69, 9.17) is 0 Å². The fourth-order valence-electron chi connectivity index (χ4n) is 0.550. The minimum Gasteiger partial charge on any atom is -0.282 e. The van der Waals surface area contributed by atoms with E-state index in [-0.39, 0.29) is 0 Å². The van der Waals surface area contributed by atoms with Crippen molar-refractivity contribution in [3.05, 3.63) is 0 Å². The molecule has 0 aromatic heterocycles. The van der Waals surface area contributed by atoms with Crippen LogP contribution in [0.4, 0.5) is 0 Å². The summed E-state index contributed by atoms with van der Waals surface area (Å²) in [5, 5.41) is 0. The predicted octanol–water partition coefficient (Wildman–Crippen LogP) is 1.54. The molecular formula is C5H9NS. The quantitative estimate of drug-likeness (QED) is 0.505. The van der Waals surface area contributed by atoms with Gasteiger partial charge in [0, 0.05) is 5.75 Å². The van der Waals surface area contributed by atoms with Crippen molar-refractivity contribution in [2.45, 2.75) is 19.4 Å².